The number of amides is 2. The predicted octanol–water partition coefficient (Wildman–Crippen LogP) is 1.40. The molecule has 2 aromatic rings. The number of ether oxygens (including phenoxy) is 1. The maximum Gasteiger partial charge on any atom is 0.355 e. The number of esters is 1. The molecule has 2 amide bonds. The van der Waals surface area contributed by atoms with Crippen molar-refractivity contribution in [3.05, 3.63) is 47.1 Å². The van der Waals surface area contributed by atoms with Gasteiger partial charge in [0.05, 0.1) is 11.3 Å². The highest BCUT2D eigenvalue weighted by Gasteiger charge is 2.26. The number of carbonyl (C=O) groups is 3. The van der Waals surface area contributed by atoms with Crippen LogP contribution in [0.2, 0.25) is 5.02 Å². The zero-order chi connectivity index (χ0) is 17.8. The van der Waals surface area contributed by atoms with E-state index < -0.39 is 5.97 Å². The van der Waals surface area contributed by atoms with Gasteiger partial charge in [-0.15, -0.1) is 0 Å². The third kappa shape index (κ3) is 4.03. The van der Waals surface area contributed by atoms with E-state index in [9.17, 15) is 14.4 Å². The second kappa shape index (κ2) is 7.43. The van der Waals surface area contributed by atoms with Gasteiger partial charge >= 0.3 is 5.97 Å². The first-order chi connectivity index (χ1) is 12.0. The molecule has 0 spiro atoms. The lowest BCUT2D eigenvalue weighted by atomic mass is 10.3. The van der Waals surface area contributed by atoms with Crippen LogP contribution in [0.1, 0.15) is 21.0 Å². The van der Waals surface area contributed by atoms with Gasteiger partial charge in [0.15, 0.2) is 12.4 Å². The van der Waals surface area contributed by atoms with Crippen molar-refractivity contribution < 1.29 is 23.5 Å². The molecular weight excluding hydrogens is 350 g/mol. The van der Waals surface area contributed by atoms with Crippen LogP contribution in [0.5, 0.6) is 0 Å². The highest BCUT2D eigenvalue weighted by Crippen LogP contribution is 2.11. The van der Waals surface area contributed by atoms with Crippen molar-refractivity contribution in [3.63, 3.8) is 0 Å². The maximum absolute atomic E-state index is 12.2. The zero-order valence-electron chi connectivity index (χ0n) is 13.2. The van der Waals surface area contributed by atoms with E-state index in [0.29, 0.717) is 31.2 Å². The normalized spacial score (nSPS) is 14.4. The molecule has 9 heteroatoms. The van der Waals surface area contributed by atoms with Gasteiger partial charge < -0.3 is 23.9 Å². The molecule has 3 heterocycles. The van der Waals surface area contributed by atoms with E-state index in [1.54, 1.807) is 21.9 Å². The van der Waals surface area contributed by atoms with Gasteiger partial charge in [0.25, 0.3) is 11.8 Å². The van der Waals surface area contributed by atoms with E-state index in [4.69, 9.17) is 20.8 Å². The van der Waals surface area contributed by atoms with Crippen LogP contribution in [0.25, 0.3) is 0 Å². The lowest BCUT2D eigenvalue weighted by Crippen LogP contribution is -2.51. The fourth-order valence-electron chi connectivity index (χ4n) is 2.50. The van der Waals surface area contributed by atoms with Crippen LogP contribution in [0.3, 0.4) is 0 Å². The number of nitrogens with one attached hydrogen (secondary N) is 1. The molecule has 0 aromatic carbocycles. The number of rotatable bonds is 4. The van der Waals surface area contributed by atoms with Crippen LogP contribution in [0.4, 0.5) is 0 Å². The van der Waals surface area contributed by atoms with Crippen molar-refractivity contribution in [3.8, 4) is 0 Å². The van der Waals surface area contributed by atoms with Gasteiger partial charge in [-0.3, -0.25) is 9.59 Å². The number of hydrogen-bond donors (Lipinski definition) is 1. The van der Waals surface area contributed by atoms with Gasteiger partial charge in [-0.1, -0.05) is 11.6 Å². The molecule has 132 valence electrons. The molecule has 25 heavy (non-hydrogen) atoms. The van der Waals surface area contributed by atoms with E-state index >= 15 is 0 Å². The third-order valence-corrected chi connectivity index (χ3v) is 4.06. The number of piperazine rings is 1. The predicted molar refractivity (Wildman–Crippen MR) is 87.3 cm³/mol. The number of aromatic amines is 1. The Bertz CT molecular complexity index is 763. The lowest BCUT2D eigenvalue weighted by Gasteiger charge is -2.34. The standard InChI is InChI=1S/C16H16ClN3O5/c17-11-8-12(18-9-11)16(23)25-10-14(21)19-3-5-20(6-4-19)15(22)13-2-1-7-24-13/h1-2,7-9,18H,3-6,10H2. The Hall–Kier alpha value is -2.74. The van der Waals surface area contributed by atoms with Crippen molar-refractivity contribution >= 4 is 29.4 Å². The maximum atomic E-state index is 12.2. The molecule has 0 bridgehead atoms. The first-order valence-corrected chi connectivity index (χ1v) is 8.04. The first-order valence-electron chi connectivity index (χ1n) is 7.66. The topological polar surface area (TPSA) is 95.9 Å². The zero-order valence-corrected chi connectivity index (χ0v) is 14.0. The molecule has 3 rings (SSSR count). The van der Waals surface area contributed by atoms with Crippen LogP contribution in [-0.2, 0) is 9.53 Å². The number of furan rings is 1. The highest BCUT2D eigenvalue weighted by atomic mass is 35.5. The van der Waals surface area contributed by atoms with E-state index in [-0.39, 0.29) is 29.9 Å². The first kappa shape index (κ1) is 17.1. The average Bonchev–Trinajstić information content (AvgIpc) is 3.30. The van der Waals surface area contributed by atoms with E-state index in [1.807, 2.05) is 0 Å². The van der Waals surface area contributed by atoms with Gasteiger partial charge in [0.1, 0.15) is 5.69 Å². The van der Waals surface area contributed by atoms with Crippen molar-refractivity contribution in [1.29, 1.82) is 0 Å². The van der Waals surface area contributed by atoms with Crippen LogP contribution < -0.4 is 0 Å². The summed E-state index contributed by atoms with van der Waals surface area (Å²) in [5, 5.41) is 0.385. The molecule has 1 aliphatic rings. The van der Waals surface area contributed by atoms with Gasteiger partial charge in [-0.25, -0.2) is 4.79 Å². The number of halogens is 1. The van der Waals surface area contributed by atoms with Crippen LogP contribution in [-0.4, -0.2) is 65.4 Å². The summed E-state index contributed by atoms with van der Waals surface area (Å²) in [5.74, 6) is -0.881. The Labute approximate surface area is 148 Å². The van der Waals surface area contributed by atoms with Crippen molar-refractivity contribution in [2.75, 3.05) is 32.8 Å². The molecule has 0 radical (unpaired) electrons. The molecule has 1 fully saturated rings. The van der Waals surface area contributed by atoms with Crippen LogP contribution in [0.15, 0.2) is 35.1 Å². The Morgan fingerprint density at radius 2 is 1.92 bits per heavy atom. The molecule has 2 aromatic heterocycles. The Morgan fingerprint density at radius 1 is 1.20 bits per heavy atom. The molecule has 0 unspecified atom stereocenters. The van der Waals surface area contributed by atoms with Crippen molar-refractivity contribution in [1.82, 2.24) is 14.8 Å². The summed E-state index contributed by atoms with van der Waals surface area (Å²) in [6.07, 6.45) is 2.90. The summed E-state index contributed by atoms with van der Waals surface area (Å²) >= 11 is 5.71. The van der Waals surface area contributed by atoms with E-state index in [0.717, 1.165) is 0 Å². The number of nitrogens with zero attached hydrogens (tertiary/aromatic N) is 2. The SMILES string of the molecule is O=C(OCC(=O)N1CCN(C(=O)c2ccco2)CC1)c1cc(Cl)c[nH]1. The minimum atomic E-state index is -0.646. The summed E-state index contributed by atoms with van der Waals surface area (Å²) in [4.78, 5) is 41.9. The highest BCUT2D eigenvalue weighted by molar-refractivity contribution is 6.30. The van der Waals surface area contributed by atoms with Gasteiger partial charge in [-0.2, -0.15) is 0 Å². The Balaban J connectivity index is 1.45. The number of aromatic nitrogens is 1. The van der Waals surface area contributed by atoms with Crippen molar-refractivity contribution in [2.24, 2.45) is 0 Å². The van der Waals surface area contributed by atoms with Crippen LogP contribution >= 0.6 is 11.6 Å². The summed E-state index contributed by atoms with van der Waals surface area (Å²) in [5.41, 5.74) is 0.187. The fourth-order valence-corrected chi connectivity index (χ4v) is 2.66. The van der Waals surface area contributed by atoms with Crippen molar-refractivity contribution in [2.45, 2.75) is 0 Å². The summed E-state index contributed by atoms with van der Waals surface area (Å²) in [6, 6.07) is 4.68. The monoisotopic (exact) mass is 365 g/mol. The third-order valence-electron chi connectivity index (χ3n) is 3.85. The molecule has 8 nitrogen and oxygen atoms in total. The average molecular weight is 366 g/mol. The van der Waals surface area contributed by atoms with Gasteiger partial charge in [0, 0.05) is 32.4 Å². The number of H-pyrrole nitrogens is 1. The van der Waals surface area contributed by atoms with Gasteiger partial charge in [-0.05, 0) is 18.2 Å². The molecule has 1 saturated heterocycles. The summed E-state index contributed by atoms with van der Waals surface area (Å²) in [6.45, 7) is 1.17. The summed E-state index contributed by atoms with van der Waals surface area (Å²) in [7, 11) is 0. The molecular formula is C16H16ClN3O5. The number of carbonyl (C=O) groups excluding carboxylic acids is 3. The Morgan fingerprint density at radius 3 is 2.52 bits per heavy atom. The van der Waals surface area contributed by atoms with E-state index in [1.165, 1.54) is 18.5 Å². The molecule has 1 N–H and O–H groups in total. The second-order valence-electron chi connectivity index (χ2n) is 5.46. The minimum absolute atomic E-state index is 0.187. The summed E-state index contributed by atoms with van der Waals surface area (Å²) < 4.78 is 10.1. The lowest BCUT2D eigenvalue weighted by molar-refractivity contribution is -0.136. The van der Waals surface area contributed by atoms with Crippen LogP contribution in [0, 0.1) is 0 Å². The smallest absolute Gasteiger partial charge is 0.355 e. The molecule has 0 aliphatic carbocycles. The molecule has 0 saturated carbocycles. The molecule has 0 atom stereocenters. The number of hydrogen-bond acceptors (Lipinski definition) is 5. The molecule has 1 aliphatic heterocycles. The minimum Gasteiger partial charge on any atom is -0.459 e. The Kier molecular flexibility index (Phi) is 5.08. The van der Waals surface area contributed by atoms with Gasteiger partial charge in [0.2, 0.25) is 0 Å². The second-order valence-corrected chi connectivity index (χ2v) is 5.89. The van der Waals surface area contributed by atoms with E-state index in [2.05, 4.69) is 4.98 Å². The fraction of sp³-hybridized carbons (Fsp3) is 0.312. The largest absolute Gasteiger partial charge is 0.459 e. The quantitative estimate of drug-likeness (QED) is 0.826.